The van der Waals surface area contributed by atoms with E-state index in [4.69, 9.17) is 4.74 Å². The molecular weight excluding hydrogens is 200 g/mol. The first kappa shape index (κ1) is 12.3. The van der Waals surface area contributed by atoms with Crippen molar-refractivity contribution >= 4 is 0 Å². The lowest BCUT2D eigenvalue weighted by Crippen LogP contribution is -2.51. The van der Waals surface area contributed by atoms with E-state index in [2.05, 4.69) is 24.2 Å². The molecule has 2 aliphatic rings. The van der Waals surface area contributed by atoms with E-state index in [1.165, 1.54) is 25.7 Å². The van der Waals surface area contributed by atoms with Gasteiger partial charge in [-0.25, -0.2) is 0 Å². The highest BCUT2D eigenvalue weighted by atomic mass is 16.5. The Kier molecular flexibility index (Phi) is 4.62. The summed E-state index contributed by atoms with van der Waals surface area (Å²) in [6.07, 6.45) is 5.99. The third-order valence-corrected chi connectivity index (χ3v) is 4.03. The molecule has 0 radical (unpaired) electrons. The lowest BCUT2D eigenvalue weighted by molar-refractivity contribution is -0.0454. The number of hydrogen-bond donors (Lipinski definition) is 1. The summed E-state index contributed by atoms with van der Waals surface area (Å²) in [5.74, 6) is 1.03. The van der Waals surface area contributed by atoms with Crippen molar-refractivity contribution in [1.82, 2.24) is 10.2 Å². The van der Waals surface area contributed by atoms with Gasteiger partial charge in [0.1, 0.15) is 0 Å². The third-order valence-electron chi connectivity index (χ3n) is 4.03. The summed E-state index contributed by atoms with van der Waals surface area (Å²) in [4.78, 5) is 2.50. The molecular formula is C13H26N2O. The highest BCUT2D eigenvalue weighted by molar-refractivity contribution is 4.84. The van der Waals surface area contributed by atoms with E-state index >= 15 is 0 Å². The Morgan fingerprint density at radius 1 is 1.44 bits per heavy atom. The van der Waals surface area contributed by atoms with Gasteiger partial charge in [0.05, 0.1) is 12.7 Å². The first-order chi connectivity index (χ1) is 7.83. The number of nitrogens with one attached hydrogen (secondary N) is 1. The minimum absolute atomic E-state index is 0.400. The van der Waals surface area contributed by atoms with Crippen molar-refractivity contribution in [1.29, 1.82) is 0 Å². The molecule has 0 aromatic rings. The second kappa shape index (κ2) is 5.99. The average molecular weight is 226 g/mol. The van der Waals surface area contributed by atoms with E-state index in [1.54, 1.807) is 0 Å². The molecule has 2 unspecified atom stereocenters. The molecule has 1 saturated heterocycles. The predicted octanol–water partition coefficient (Wildman–Crippen LogP) is 1.49. The molecule has 2 atom stereocenters. The quantitative estimate of drug-likeness (QED) is 0.742. The zero-order valence-corrected chi connectivity index (χ0v) is 10.7. The summed E-state index contributed by atoms with van der Waals surface area (Å²) in [6.45, 7) is 6.50. The maximum Gasteiger partial charge on any atom is 0.0855 e. The summed E-state index contributed by atoms with van der Waals surface area (Å²) in [6, 6.07) is 0.551. The molecule has 3 heteroatoms. The Hall–Kier alpha value is -0.120. The van der Waals surface area contributed by atoms with Gasteiger partial charge in [0.2, 0.25) is 0 Å². The van der Waals surface area contributed by atoms with Gasteiger partial charge in [-0.1, -0.05) is 19.8 Å². The molecule has 3 nitrogen and oxygen atoms in total. The van der Waals surface area contributed by atoms with Gasteiger partial charge in [0.25, 0.3) is 0 Å². The van der Waals surface area contributed by atoms with Crippen molar-refractivity contribution in [3.63, 3.8) is 0 Å². The lowest BCUT2D eigenvalue weighted by atomic mass is 10.0. The molecule has 16 heavy (non-hydrogen) atoms. The Balaban J connectivity index is 1.76. The van der Waals surface area contributed by atoms with Crippen LogP contribution in [0.3, 0.4) is 0 Å². The summed E-state index contributed by atoms with van der Waals surface area (Å²) in [7, 11) is 2.08. The molecule has 94 valence electrons. The van der Waals surface area contributed by atoms with E-state index in [1.807, 2.05) is 0 Å². The maximum atomic E-state index is 5.91. The minimum atomic E-state index is 0.400. The van der Waals surface area contributed by atoms with Crippen LogP contribution in [0.5, 0.6) is 0 Å². The smallest absolute Gasteiger partial charge is 0.0855 e. The van der Waals surface area contributed by atoms with E-state index < -0.39 is 0 Å². The maximum absolute atomic E-state index is 5.91. The average Bonchev–Trinajstić information content (AvgIpc) is 3.14. The molecule has 2 fully saturated rings. The fourth-order valence-electron chi connectivity index (χ4n) is 2.60. The summed E-state index contributed by atoms with van der Waals surface area (Å²) >= 11 is 0. The molecule has 1 heterocycles. The first-order valence-corrected chi connectivity index (χ1v) is 6.84. The van der Waals surface area contributed by atoms with Crippen LogP contribution in [0.1, 0.15) is 32.6 Å². The van der Waals surface area contributed by atoms with Crippen molar-refractivity contribution < 1.29 is 4.74 Å². The highest BCUT2D eigenvalue weighted by Crippen LogP contribution is 2.34. The molecule has 1 aliphatic heterocycles. The van der Waals surface area contributed by atoms with Crippen LogP contribution in [0, 0.1) is 5.92 Å². The standard InChI is InChI=1S/C13H26N2O/c1-3-15-8-9-16-13(10-15)12(14-2)7-6-11-4-5-11/h11-14H,3-10H2,1-2H3. The molecule has 0 aromatic heterocycles. The second-order valence-electron chi connectivity index (χ2n) is 5.22. The van der Waals surface area contributed by atoms with Gasteiger partial charge in [-0.05, 0) is 32.4 Å². The minimum Gasteiger partial charge on any atom is -0.374 e. The monoisotopic (exact) mass is 226 g/mol. The Bertz CT molecular complexity index is 206. The van der Waals surface area contributed by atoms with Gasteiger partial charge in [-0.3, -0.25) is 4.90 Å². The van der Waals surface area contributed by atoms with Crippen molar-refractivity contribution in [2.45, 2.75) is 44.8 Å². The number of ether oxygens (including phenoxy) is 1. The second-order valence-corrected chi connectivity index (χ2v) is 5.22. The van der Waals surface area contributed by atoms with Gasteiger partial charge in [0.15, 0.2) is 0 Å². The number of likely N-dealkylation sites (N-methyl/N-ethyl adjacent to an activating group) is 2. The van der Waals surface area contributed by atoms with Crippen LogP contribution in [0.25, 0.3) is 0 Å². The topological polar surface area (TPSA) is 24.5 Å². The summed E-state index contributed by atoms with van der Waals surface area (Å²) in [5.41, 5.74) is 0. The number of rotatable bonds is 6. The van der Waals surface area contributed by atoms with Crippen LogP contribution in [-0.4, -0.2) is 50.3 Å². The fourth-order valence-corrected chi connectivity index (χ4v) is 2.60. The molecule has 1 saturated carbocycles. The van der Waals surface area contributed by atoms with Crippen molar-refractivity contribution in [2.24, 2.45) is 5.92 Å². The fraction of sp³-hybridized carbons (Fsp3) is 1.00. The van der Waals surface area contributed by atoms with Crippen LogP contribution in [0.15, 0.2) is 0 Å². The Labute approximate surface area is 99.5 Å². The van der Waals surface area contributed by atoms with E-state index in [0.717, 1.165) is 32.2 Å². The third kappa shape index (κ3) is 3.44. The number of morpholine rings is 1. The van der Waals surface area contributed by atoms with Crippen LogP contribution < -0.4 is 5.32 Å². The van der Waals surface area contributed by atoms with E-state index in [-0.39, 0.29) is 0 Å². The predicted molar refractivity (Wildman–Crippen MR) is 66.7 cm³/mol. The molecule has 1 aliphatic carbocycles. The summed E-state index contributed by atoms with van der Waals surface area (Å²) < 4.78 is 5.91. The molecule has 0 bridgehead atoms. The van der Waals surface area contributed by atoms with Gasteiger partial charge in [0, 0.05) is 19.1 Å². The van der Waals surface area contributed by atoms with E-state index in [9.17, 15) is 0 Å². The zero-order valence-electron chi connectivity index (χ0n) is 10.7. The number of nitrogens with zero attached hydrogens (tertiary/aromatic N) is 1. The highest BCUT2D eigenvalue weighted by Gasteiger charge is 2.29. The molecule has 0 aromatic carbocycles. The Morgan fingerprint density at radius 2 is 2.25 bits per heavy atom. The van der Waals surface area contributed by atoms with Gasteiger partial charge < -0.3 is 10.1 Å². The largest absolute Gasteiger partial charge is 0.374 e. The molecule has 1 N–H and O–H groups in total. The SMILES string of the molecule is CCN1CCOC(C(CCC2CC2)NC)C1. The van der Waals surface area contributed by atoms with Crippen LogP contribution in [0.2, 0.25) is 0 Å². The van der Waals surface area contributed by atoms with E-state index in [0.29, 0.717) is 12.1 Å². The molecule has 0 amide bonds. The van der Waals surface area contributed by atoms with Crippen molar-refractivity contribution in [2.75, 3.05) is 33.3 Å². The lowest BCUT2D eigenvalue weighted by Gasteiger charge is -2.36. The van der Waals surface area contributed by atoms with Crippen molar-refractivity contribution in [3.05, 3.63) is 0 Å². The van der Waals surface area contributed by atoms with Crippen LogP contribution >= 0.6 is 0 Å². The van der Waals surface area contributed by atoms with Crippen molar-refractivity contribution in [3.8, 4) is 0 Å². The van der Waals surface area contributed by atoms with Gasteiger partial charge in [-0.15, -0.1) is 0 Å². The molecule has 0 spiro atoms. The first-order valence-electron chi connectivity index (χ1n) is 6.84. The van der Waals surface area contributed by atoms with Crippen LogP contribution in [-0.2, 0) is 4.74 Å². The Morgan fingerprint density at radius 3 is 2.88 bits per heavy atom. The van der Waals surface area contributed by atoms with Gasteiger partial charge >= 0.3 is 0 Å². The van der Waals surface area contributed by atoms with Gasteiger partial charge in [-0.2, -0.15) is 0 Å². The summed E-state index contributed by atoms with van der Waals surface area (Å²) in [5, 5.41) is 3.45. The number of hydrogen-bond acceptors (Lipinski definition) is 3. The van der Waals surface area contributed by atoms with Crippen LogP contribution in [0.4, 0.5) is 0 Å². The zero-order chi connectivity index (χ0) is 11.4. The molecule has 2 rings (SSSR count). The normalized spacial score (nSPS) is 29.2.